The number of pyridine rings is 1. The van der Waals surface area contributed by atoms with E-state index in [1.807, 2.05) is 0 Å². The summed E-state index contributed by atoms with van der Waals surface area (Å²) in [6.45, 7) is 3.97. The zero-order chi connectivity index (χ0) is 17.5. The molecule has 5 heteroatoms. The number of piperidine rings is 1. The summed E-state index contributed by atoms with van der Waals surface area (Å²) in [6, 6.07) is 12.1. The molecule has 132 valence electrons. The molecule has 0 saturated carbocycles. The molecule has 0 unspecified atom stereocenters. The van der Waals surface area contributed by atoms with Gasteiger partial charge in [-0.25, -0.2) is 0 Å². The first-order valence-corrected chi connectivity index (χ1v) is 8.96. The van der Waals surface area contributed by atoms with Crippen LogP contribution in [0.1, 0.15) is 36.1 Å². The molecule has 0 bridgehead atoms. The number of carbonyl (C=O) groups excluding carboxylic acids is 1. The minimum atomic E-state index is -0.0327. The summed E-state index contributed by atoms with van der Waals surface area (Å²) in [5.74, 6) is -0.0327. The van der Waals surface area contributed by atoms with Crippen LogP contribution < -0.4 is 11.1 Å². The highest BCUT2D eigenvalue weighted by Gasteiger charge is 2.10. The molecule has 25 heavy (non-hydrogen) atoms. The van der Waals surface area contributed by atoms with Crippen LogP contribution in [-0.4, -0.2) is 28.9 Å². The molecule has 5 nitrogen and oxygen atoms in total. The Morgan fingerprint density at radius 1 is 1.04 bits per heavy atom. The summed E-state index contributed by atoms with van der Waals surface area (Å²) in [6.07, 6.45) is 5.83. The molecule has 1 aromatic carbocycles. The van der Waals surface area contributed by atoms with Gasteiger partial charge in [0, 0.05) is 18.8 Å². The number of nitrogens with zero attached hydrogens (tertiary/aromatic N) is 2. The molecule has 0 radical (unpaired) electrons. The average Bonchev–Trinajstić information content (AvgIpc) is 2.64. The van der Waals surface area contributed by atoms with Crippen molar-refractivity contribution in [1.29, 1.82) is 0 Å². The van der Waals surface area contributed by atoms with Crippen LogP contribution in [0.5, 0.6) is 0 Å². The lowest BCUT2D eigenvalue weighted by Crippen LogP contribution is -2.29. The Morgan fingerprint density at radius 2 is 1.76 bits per heavy atom. The van der Waals surface area contributed by atoms with Crippen LogP contribution in [0.4, 0.5) is 5.69 Å². The molecule has 3 rings (SSSR count). The number of nitrogens with one attached hydrogen (secondary N) is 1. The molecule has 1 amide bonds. The molecule has 0 atom stereocenters. The number of hydrogen-bond acceptors (Lipinski definition) is 4. The van der Waals surface area contributed by atoms with E-state index in [0.717, 1.165) is 17.8 Å². The van der Waals surface area contributed by atoms with E-state index < -0.39 is 0 Å². The van der Waals surface area contributed by atoms with Gasteiger partial charge >= 0.3 is 0 Å². The van der Waals surface area contributed by atoms with Crippen LogP contribution in [0.25, 0.3) is 0 Å². The van der Waals surface area contributed by atoms with Gasteiger partial charge < -0.3 is 11.1 Å². The van der Waals surface area contributed by atoms with E-state index in [2.05, 4.69) is 39.5 Å². The monoisotopic (exact) mass is 338 g/mol. The zero-order valence-electron chi connectivity index (χ0n) is 14.6. The van der Waals surface area contributed by atoms with E-state index in [0.29, 0.717) is 12.2 Å². The molecule has 2 aromatic rings. The smallest absolute Gasteiger partial charge is 0.226 e. The second-order valence-electron chi connectivity index (χ2n) is 6.69. The molecule has 1 saturated heterocycles. The van der Waals surface area contributed by atoms with Gasteiger partial charge in [-0.3, -0.25) is 14.7 Å². The van der Waals surface area contributed by atoms with Gasteiger partial charge in [-0.15, -0.1) is 0 Å². The lowest BCUT2D eigenvalue weighted by Gasteiger charge is -2.26. The minimum Gasteiger partial charge on any atom is -0.397 e. The van der Waals surface area contributed by atoms with Crippen LogP contribution in [0.2, 0.25) is 0 Å². The Labute approximate surface area is 149 Å². The van der Waals surface area contributed by atoms with Crippen molar-refractivity contribution in [1.82, 2.24) is 15.2 Å². The third-order valence-electron chi connectivity index (χ3n) is 4.56. The molecule has 1 aromatic heterocycles. The predicted molar refractivity (Wildman–Crippen MR) is 99.8 cm³/mol. The van der Waals surface area contributed by atoms with Crippen molar-refractivity contribution in [2.75, 3.05) is 18.8 Å². The quantitative estimate of drug-likeness (QED) is 0.849. The molecular formula is C20H26N4O. The zero-order valence-corrected chi connectivity index (χ0v) is 14.6. The van der Waals surface area contributed by atoms with Crippen LogP contribution in [0.3, 0.4) is 0 Å². The second kappa shape index (κ2) is 8.62. The molecule has 2 heterocycles. The highest BCUT2D eigenvalue weighted by atomic mass is 16.1. The van der Waals surface area contributed by atoms with Crippen LogP contribution >= 0.6 is 0 Å². The van der Waals surface area contributed by atoms with E-state index in [9.17, 15) is 4.79 Å². The SMILES string of the molecule is Nc1ccc(CC(=O)NCc2ccc(CN3CCCCC3)cc2)nc1. The number of aromatic nitrogens is 1. The maximum atomic E-state index is 12.0. The largest absolute Gasteiger partial charge is 0.397 e. The fraction of sp³-hybridized carbons (Fsp3) is 0.400. The van der Waals surface area contributed by atoms with Crippen molar-refractivity contribution >= 4 is 11.6 Å². The molecule has 1 fully saturated rings. The standard InChI is InChI=1S/C20H26N4O/c21-18-8-9-19(22-14-18)12-20(25)23-13-16-4-6-17(7-5-16)15-24-10-2-1-3-11-24/h4-9,14H,1-3,10-13,15,21H2,(H,23,25). The first kappa shape index (κ1) is 17.4. The minimum absolute atomic E-state index is 0.0327. The van der Waals surface area contributed by atoms with E-state index in [-0.39, 0.29) is 12.3 Å². The Bertz CT molecular complexity index is 676. The van der Waals surface area contributed by atoms with Gasteiger partial charge in [0.1, 0.15) is 0 Å². The number of hydrogen-bond donors (Lipinski definition) is 2. The Hall–Kier alpha value is -2.40. The van der Waals surface area contributed by atoms with Crippen molar-refractivity contribution in [3.63, 3.8) is 0 Å². The Kier molecular flexibility index (Phi) is 6.01. The number of nitrogens with two attached hydrogens (primary N) is 1. The third kappa shape index (κ3) is 5.57. The maximum Gasteiger partial charge on any atom is 0.226 e. The average molecular weight is 338 g/mol. The van der Waals surface area contributed by atoms with Gasteiger partial charge in [0.15, 0.2) is 0 Å². The highest BCUT2D eigenvalue weighted by Crippen LogP contribution is 2.13. The van der Waals surface area contributed by atoms with Crippen molar-refractivity contribution in [3.8, 4) is 0 Å². The van der Waals surface area contributed by atoms with Gasteiger partial charge in [0.05, 0.1) is 18.3 Å². The van der Waals surface area contributed by atoms with Crippen molar-refractivity contribution in [3.05, 3.63) is 59.4 Å². The maximum absolute atomic E-state index is 12.0. The van der Waals surface area contributed by atoms with Crippen molar-refractivity contribution in [2.24, 2.45) is 0 Å². The van der Waals surface area contributed by atoms with Gasteiger partial charge in [0.25, 0.3) is 0 Å². The van der Waals surface area contributed by atoms with Crippen molar-refractivity contribution in [2.45, 2.75) is 38.8 Å². The normalized spacial score (nSPS) is 15.0. The van der Waals surface area contributed by atoms with Gasteiger partial charge in [-0.2, -0.15) is 0 Å². The first-order valence-electron chi connectivity index (χ1n) is 8.96. The number of rotatable bonds is 6. The first-order chi connectivity index (χ1) is 12.2. The van der Waals surface area contributed by atoms with Gasteiger partial charge in [-0.1, -0.05) is 30.7 Å². The third-order valence-corrected chi connectivity index (χ3v) is 4.56. The van der Waals surface area contributed by atoms with E-state index in [1.54, 1.807) is 18.3 Å². The number of anilines is 1. The van der Waals surface area contributed by atoms with E-state index >= 15 is 0 Å². The number of carbonyl (C=O) groups is 1. The summed E-state index contributed by atoms with van der Waals surface area (Å²) in [4.78, 5) is 18.7. The number of amides is 1. The molecule has 0 aliphatic carbocycles. The Balaban J connectivity index is 1.44. The topological polar surface area (TPSA) is 71.2 Å². The number of likely N-dealkylation sites (tertiary alicyclic amines) is 1. The Morgan fingerprint density at radius 3 is 2.44 bits per heavy atom. The van der Waals surface area contributed by atoms with Crippen LogP contribution in [0.15, 0.2) is 42.6 Å². The summed E-state index contributed by atoms with van der Waals surface area (Å²) in [5.41, 5.74) is 9.38. The lowest BCUT2D eigenvalue weighted by atomic mass is 10.1. The number of nitrogen functional groups attached to an aromatic ring is 1. The fourth-order valence-corrected chi connectivity index (χ4v) is 3.11. The lowest BCUT2D eigenvalue weighted by molar-refractivity contribution is -0.120. The molecule has 3 N–H and O–H groups in total. The fourth-order valence-electron chi connectivity index (χ4n) is 3.11. The molecule has 1 aliphatic rings. The summed E-state index contributed by atoms with van der Waals surface area (Å²) in [7, 11) is 0. The summed E-state index contributed by atoms with van der Waals surface area (Å²) in [5, 5.41) is 2.94. The van der Waals surface area contributed by atoms with Gasteiger partial charge in [-0.05, 0) is 49.2 Å². The summed E-state index contributed by atoms with van der Waals surface area (Å²) >= 11 is 0. The predicted octanol–water partition coefficient (Wildman–Crippen LogP) is 2.51. The van der Waals surface area contributed by atoms with Gasteiger partial charge in [0.2, 0.25) is 5.91 Å². The molecule has 0 spiro atoms. The van der Waals surface area contributed by atoms with E-state index in [4.69, 9.17) is 5.73 Å². The van der Waals surface area contributed by atoms with Crippen molar-refractivity contribution < 1.29 is 4.79 Å². The molecular weight excluding hydrogens is 312 g/mol. The van der Waals surface area contributed by atoms with Crippen LogP contribution in [-0.2, 0) is 24.3 Å². The number of benzene rings is 1. The second-order valence-corrected chi connectivity index (χ2v) is 6.69. The highest BCUT2D eigenvalue weighted by molar-refractivity contribution is 5.78. The van der Waals surface area contributed by atoms with Crippen LogP contribution in [0, 0.1) is 0 Å². The van der Waals surface area contributed by atoms with E-state index in [1.165, 1.54) is 37.9 Å². The summed E-state index contributed by atoms with van der Waals surface area (Å²) < 4.78 is 0. The molecule has 1 aliphatic heterocycles.